The van der Waals surface area contributed by atoms with Crippen molar-refractivity contribution in [2.24, 2.45) is 0 Å². The van der Waals surface area contributed by atoms with E-state index in [4.69, 9.17) is 0 Å². The Kier molecular flexibility index (Phi) is 4.49. The van der Waals surface area contributed by atoms with E-state index in [-0.39, 0.29) is 17.1 Å². The average Bonchev–Trinajstić information content (AvgIpc) is 2.96. The summed E-state index contributed by atoms with van der Waals surface area (Å²) in [6, 6.07) is 11.4. The zero-order valence-corrected chi connectivity index (χ0v) is 14.1. The molecule has 6 nitrogen and oxygen atoms in total. The maximum absolute atomic E-state index is 10.3. The fourth-order valence-electron chi connectivity index (χ4n) is 2.29. The van der Waals surface area contributed by atoms with Gasteiger partial charge in [-0.25, -0.2) is 15.0 Å². The van der Waals surface area contributed by atoms with Crippen molar-refractivity contribution in [2.45, 2.75) is 19.0 Å². The topological polar surface area (TPSA) is 98.5 Å². The first-order chi connectivity index (χ1) is 11.6. The SMILES string of the molecule is Cc1cc(C)nc(SC/C(O)=C(\C#N)c2nc3ccccc3[nH]2)n1. The number of hydrogen-bond donors (Lipinski definition) is 2. The summed E-state index contributed by atoms with van der Waals surface area (Å²) in [7, 11) is 0. The molecule has 2 aromatic heterocycles. The van der Waals surface area contributed by atoms with Gasteiger partial charge in [0.2, 0.25) is 0 Å². The van der Waals surface area contributed by atoms with E-state index in [9.17, 15) is 10.4 Å². The van der Waals surface area contributed by atoms with E-state index in [1.165, 1.54) is 11.8 Å². The van der Waals surface area contributed by atoms with Gasteiger partial charge in [-0.15, -0.1) is 0 Å². The molecule has 0 unspecified atom stereocenters. The summed E-state index contributed by atoms with van der Waals surface area (Å²) >= 11 is 1.28. The molecule has 1 aromatic carbocycles. The van der Waals surface area contributed by atoms with Crippen LogP contribution in [0.5, 0.6) is 0 Å². The number of aromatic amines is 1. The van der Waals surface area contributed by atoms with E-state index in [2.05, 4.69) is 19.9 Å². The Morgan fingerprint density at radius 1 is 1.21 bits per heavy atom. The predicted molar refractivity (Wildman–Crippen MR) is 93.5 cm³/mol. The number of aliphatic hydroxyl groups excluding tert-OH is 1. The minimum Gasteiger partial charge on any atom is -0.510 e. The van der Waals surface area contributed by atoms with E-state index in [0.717, 1.165) is 22.4 Å². The van der Waals surface area contributed by atoms with Crippen LogP contribution in [0.4, 0.5) is 0 Å². The van der Waals surface area contributed by atoms with Crippen LogP contribution in [-0.4, -0.2) is 30.8 Å². The van der Waals surface area contributed by atoms with Gasteiger partial charge in [-0.1, -0.05) is 23.9 Å². The number of imidazole rings is 1. The Balaban J connectivity index is 1.86. The molecule has 0 spiro atoms. The molecule has 3 aromatic rings. The van der Waals surface area contributed by atoms with Crippen LogP contribution in [-0.2, 0) is 0 Å². The number of hydrogen-bond acceptors (Lipinski definition) is 6. The van der Waals surface area contributed by atoms with E-state index < -0.39 is 0 Å². The first kappa shape index (κ1) is 16.0. The molecule has 0 saturated carbocycles. The van der Waals surface area contributed by atoms with Gasteiger partial charge in [0.05, 0.1) is 16.8 Å². The fraction of sp³-hybridized carbons (Fsp3) is 0.176. The Morgan fingerprint density at radius 3 is 2.58 bits per heavy atom. The van der Waals surface area contributed by atoms with E-state index >= 15 is 0 Å². The van der Waals surface area contributed by atoms with Crippen molar-refractivity contribution in [2.75, 3.05) is 5.75 Å². The standard InChI is InChI=1S/C17H15N5OS/c1-10-7-11(2)20-17(19-10)24-9-15(23)12(8-18)16-21-13-5-3-4-6-14(13)22-16/h3-7,23H,9H2,1-2H3,(H,21,22)/b15-12-. The van der Waals surface area contributed by atoms with Gasteiger partial charge in [0, 0.05) is 11.4 Å². The highest BCUT2D eigenvalue weighted by Gasteiger charge is 2.14. The molecule has 2 heterocycles. The molecule has 0 amide bonds. The summed E-state index contributed by atoms with van der Waals surface area (Å²) in [6.45, 7) is 3.78. The quantitative estimate of drug-likeness (QED) is 0.327. The summed E-state index contributed by atoms with van der Waals surface area (Å²) in [5.74, 6) is 0.505. The largest absolute Gasteiger partial charge is 0.510 e. The molecule has 0 bridgehead atoms. The lowest BCUT2D eigenvalue weighted by molar-refractivity contribution is 0.420. The van der Waals surface area contributed by atoms with Gasteiger partial charge < -0.3 is 10.1 Å². The number of aryl methyl sites for hydroxylation is 2. The Bertz CT molecular complexity index is 917. The summed E-state index contributed by atoms with van der Waals surface area (Å²) in [4.78, 5) is 16.0. The van der Waals surface area contributed by atoms with Gasteiger partial charge in [-0.2, -0.15) is 5.26 Å². The van der Waals surface area contributed by atoms with Gasteiger partial charge in [0.25, 0.3) is 0 Å². The number of nitrogens with zero attached hydrogens (tertiary/aromatic N) is 4. The molecule has 0 atom stereocenters. The average molecular weight is 337 g/mol. The first-order valence-electron chi connectivity index (χ1n) is 7.29. The lowest BCUT2D eigenvalue weighted by Gasteiger charge is -2.04. The van der Waals surface area contributed by atoms with Crippen molar-refractivity contribution in [3.63, 3.8) is 0 Å². The maximum atomic E-state index is 10.3. The second-order valence-corrected chi connectivity index (χ2v) is 6.20. The van der Waals surface area contributed by atoms with Crippen molar-refractivity contribution in [1.29, 1.82) is 5.26 Å². The van der Waals surface area contributed by atoms with Crippen LogP contribution in [0.15, 0.2) is 41.2 Å². The fourth-order valence-corrected chi connectivity index (χ4v) is 3.12. The highest BCUT2D eigenvalue weighted by atomic mass is 32.2. The Morgan fingerprint density at radius 2 is 1.92 bits per heavy atom. The minimum atomic E-state index is -0.0516. The molecule has 7 heteroatoms. The summed E-state index contributed by atoms with van der Waals surface area (Å²) in [5, 5.41) is 20.3. The van der Waals surface area contributed by atoms with Crippen molar-refractivity contribution in [1.82, 2.24) is 19.9 Å². The normalized spacial score (nSPS) is 12.0. The van der Waals surface area contributed by atoms with Crippen LogP contribution in [0.25, 0.3) is 16.6 Å². The molecule has 3 rings (SSSR count). The van der Waals surface area contributed by atoms with E-state index in [1.807, 2.05) is 50.2 Å². The molecule has 2 N–H and O–H groups in total. The van der Waals surface area contributed by atoms with Crippen LogP contribution in [0.1, 0.15) is 17.2 Å². The lowest BCUT2D eigenvalue weighted by atomic mass is 10.2. The number of benzene rings is 1. The number of H-pyrrole nitrogens is 1. The molecular formula is C17H15N5OS. The van der Waals surface area contributed by atoms with Crippen LogP contribution in [0.3, 0.4) is 0 Å². The van der Waals surface area contributed by atoms with E-state index in [0.29, 0.717) is 11.0 Å². The number of allylic oxidation sites excluding steroid dienone is 1. The molecule has 0 aliphatic heterocycles. The van der Waals surface area contributed by atoms with Crippen molar-refractivity contribution >= 4 is 28.4 Å². The minimum absolute atomic E-state index is 0.0516. The molecule has 24 heavy (non-hydrogen) atoms. The zero-order valence-electron chi connectivity index (χ0n) is 13.2. The van der Waals surface area contributed by atoms with Crippen LogP contribution in [0.2, 0.25) is 0 Å². The number of aromatic nitrogens is 4. The molecule has 0 fully saturated rings. The number of nitrogens with one attached hydrogen (secondary N) is 1. The third kappa shape index (κ3) is 3.39. The molecule has 0 radical (unpaired) electrons. The first-order valence-corrected chi connectivity index (χ1v) is 8.28. The second kappa shape index (κ2) is 6.72. The molecular weight excluding hydrogens is 322 g/mol. The van der Waals surface area contributed by atoms with Gasteiger partial charge in [0.1, 0.15) is 17.4 Å². The third-order valence-electron chi connectivity index (χ3n) is 3.33. The summed E-state index contributed by atoms with van der Waals surface area (Å²) in [5.41, 5.74) is 3.43. The second-order valence-electron chi connectivity index (χ2n) is 5.26. The van der Waals surface area contributed by atoms with Crippen molar-refractivity contribution in [3.05, 3.63) is 53.3 Å². The van der Waals surface area contributed by atoms with E-state index in [1.54, 1.807) is 0 Å². The molecule has 0 aliphatic carbocycles. The molecule has 0 aliphatic rings. The number of thioether (sulfide) groups is 1. The molecule has 0 saturated heterocycles. The lowest BCUT2D eigenvalue weighted by Crippen LogP contribution is -1.98. The Hall–Kier alpha value is -2.85. The van der Waals surface area contributed by atoms with Crippen molar-refractivity contribution < 1.29 is 5.11 Å². The zero-order chi connectivity index (χ0) is 17.1. The summed E-state index contributed by atoms with van der Waals surface area (Å²) in [6.07, 6.45) is 0. The highest BCUT2D eigenvalue weighted by Crippen LogP contribution is 2.23. The maximum Gasteiger partial charge on any atom is 0.188 e. The highest BCUT2D eigenvalue weighted by molar-refractivity contribution is 7.99. The van der Waals surface area contributed by atoms with Crippen molar-refractivity contribution in [3.8, 4) is 6.07 Å². The molecule has 120 valence electrons. The summed E-state index contributed by atoms with van der Waals surface area (Å²) < 4.78 is 0. The van der Waals surface area contributed by atoms with Gasteiger partial charge >= 0.3 is 0 Å². The van der Waals surface area contributed by atoms with Gasteiger partial charge in [-0.05, 0) is 32.0 Å². The van der Waals surface area contributed by atoms with Crippen LogP contribution in [0, 0.1) is 25.2 Å². The number of nitriles is 1. The number of rotatable bonds is 4. The third-order valence-corrected chi connectivity index (χ3v) is 4.18. The van der Waals surface area contributed by atoms with Gasteiger partial charge in [-0.3, -0.25) is 0 Å². The number of aliphatic hydroxyl groups is 1. The predicted octanol–water partition coefficient (Wildman–Crippen LogP) is 3.55. The number of para-hydroxylation sites is 2. The Labute approximate surface area is 143 Å². The van der Waals surface area contributed by atoms with Gasteiger partial charge in [0.15, 0.2) is 11.0 Å². The monoisotopic (exact) mass is 337 g/mol. The van der Waals surface area contributed by atoms with Crippen LogP contribution >= 0.6 is 11.8 Å². The van der Waals surface area contributed by atoms with Crippen LogP contribution < -0.4 is 0 Å². The smallest absolute Gasteiger partial charge is 0.188 e. The number of fused-ring (bicyclic) bond motifs is 1.